The van der Waals surface area contributed by atoms with Crippen molar-refractivity contribution in [1.29, 1.82) is 0 Å². The van der Waals surface area contributed by atoms with Crippen molar-refractivity contribution < 1.29 is 26.3 Å². The Hall–Kier alpha value is -2.42. The van der Waals surface area contributed by atoms with Gasteiger partial charge in [0.05, 0.1) is 11.1 Å². The summed E-state index contributed by atoms with van der Waals surface area (Å²) in [5, 5.41) is 0. The van der Waals surface area contributed by atoms with E-state index in [0.717, 1.165) is 24.3 Å². The van der Waals surface area contributed by atoms with Gasteiger partial charge in [-0.05, 0) is 29.3 Å². The van der Waals surface area contributed by atoms with Crippen LogP contribution in [0.2, 0.25) is 0 Å². The molecule has 0 spiro atoms. The SMILES string of the molecule is C#Cc1ccc(-c2ccccc2C(F)(F)F)cc1C(F)(F)F. The normalized spacial score (nSPS) is 12.0. The molecular formula is C16H8F6. The van der Waals surface area contributed by atoms with Crippen molar-refractivity contribution in [2.75, 3.05) is 0 Å². The minimum Gasteiger partial charge on any atom is -0.166 e. The first-order chi connectivity index (χ1) is 10.1. The van der Waals surface area contributed by atoms with E-state index in [9.17, 15) is 26.3 Å². The molecule has 0 saturated heterocycles. The molecule has 2 rings (SSSR count). The predicted molar refractivity (Wildman–Crippen MR) is 69.8 cm³/mol. The summed E-state index contributed by atoms with van der Waals surface area (Å²) in [6, 6.07) is 7.21. The van der Waals surface area contributed by atoms with Crippen molar-refractivity contribution in [2.24, 2.45) is 0 Å². The van der Waals surface area contributed by atoms with E-state index < -0.39 is 29.0 Å². The van der Waals surface area contributed by atoms with Gasteiger partial charge >= 0.3 is 12.4 Å². The number of hydrogen-bond acceptors (Lipinski definition) is 0. The van der Waals surface area contributed by atoms with Crippen LogP contribution in [-0.2, 0) is 12.4 Å². The van der Waals surface area contributed by atoms with Crippen molar-refractivity contribution in [1.82, 2.24) is 0 Å². The molecule has 0 aliphatic rings. The number of terminal acetylenes is 1. The summed E-state index contributed by atoms with van der Waals surface area (Å²) in [5.41, 5.74) is -3.08. The van der Waals surface area contributed by atoms with E-state index in [1.165, 1.54) is 12.1 Å². The van der Waals surface area contributed by atoms with Crippen LogP contribution >= 0.6 is 0 Å². The Kier molecular flexibility index (Phi) is 3.92. The molecule has 0 bridgehead atoms. The predicted octanol–water partition coefficient (Wildman–Crippen LogP) is 5.37. The Bertz CT molecular complexity index is 732. The number of hydrogen-bond donors (Lipinski definition) is 0. The summed E-state index contributed by atoms with van der Waals surface area (Å²) in [7, 11) is 0. The van der Waals surface area contributed by atoms with Gasteiger partial charge in [0.2, 0.25) is 0 Å². The molecule has 2 aromatic carbocycles. The van der Waals surface area contributed by atoms with Crippen LogP contribution in [0.15, 0.2) is 42.5 Å². The summed E-state index contributed by atoms with van der Waals surface area (Å²) in [4.78, 5) is 0. The second kappa shape index (κ2) is 5.41. The molecule has 0 aliphatic heterocycles. The molecule has 0 nitrogen and oxygen atoms in total. The van der Waals surface area contributed by atoms with Crippen LogP contribution in [0.25, 0.3) is 11.1 Å². The topological polar surface area (TPSA) is 0 Å². The minimum atomic E-state index is -4.75. The molecule has 0 saturated carbocycles. The third-order valence-corrected chi connectivity index (χ3v) is 3.02. The smallest absolute Gasteiger partial charge is 0.166 e. The molecule has 114 valence electrons. The average molecular weight is 314 g/mol. The summed E-state index contributed by atoms with van der Waals surface area (Å²) in [5.74, 6) is 1.88. The largest absolute Gasteiger partial charge is 0.417 e. The maximum Gasteiger partial charge on any atom is 0.417 e. The lowest BCUT2D eigenvalue weighted by Gasteiger charge is -2.15. The molecule has 2 aromatic rings. The van der Waals surface area contributed by atoms with Gasteiger partial charge in [-0.1, -0.05) is 30.2 Å². The standard InChI is InChI=1S/C16H8F6/c1-2-10-7-8-11(9-14(10)16(20,21)22)12-5-3-4-6-13(12)15(17,18)19/h1,3-9H. The van der Waals surface area contributed by atoms with Crippen molar-refractivity contribution in [3.63, 3.8) is 0 Å². The van der Waals surface area contributed by atoms with Gasteiger partial charge in [0.1, 0.15) is 0 Å². The average Bonchev–Trinajstić information content (AvgIpc) is 2.45. The molecule has 0 atom stereocenters. The lowest BCUT2D eigenvalue weighted by Crippen LogP contribution is -2.09. The fraction of sp³-hybridized carbons (Fsp3) is 0.125. The van der Waals surface area contributed by atoms with Gasteiger partial charge in [0.15, 0.2) is 0 Å². The first-order valence-corrected chi connectivity index (χ1v) is 5.99. The van der Waals surface area contributed by atoms with E-state index in [1.807, 2.05) is 5.92 Å². The number of rotatable bonds is 1. The van der Waals surface area contributed by atoms with Gasteiger partial charge in [0.25, 0.3) is 0 Å². The summed E-state index contributed by atoms with van der Waals surface area (Å²) in [6.45, 7) is 0. The van der Waals surface area contributed by atoms with Gasteiger partial charge in [-0.2, -0.15) is 26.3 Å². The van der Waals surface area contributed by atoms with Crippen molar-refractivity contribution >= 4 is 0 Å². The summed E-state index contributed by atoms with van der Waals surface area (Å²) < 4.78 is 77.7. The maximum atomic E-state index is 13.0. The zero-order valence-corrected chi connectivity index (χ0v) is 10.9. The highest BCUT2D eigenvalue weighted by atomic mass is 19.4. The molecular weight excluding hydrogens is 306 g/mol. The van der Waals surface area contributed by atoms with Crippen molar-refractivity contribution in [3.05, 3.63) is 59.2 Å². The fourth-order valence-electron chi connectivity index (χ4n) is 2.05. The number of alkyl halides is 6. The second-order valence-corrected chi connectivity index (χ2v) is 4.45. The van der Waals surface area contributed by atoms with Crippen LogP contribution in [0.1, 0.15) is 16.7 Å². The summed E-state index contributed by atoms with van der Waals surface area (Å²) >= 11 is 0. The Balaban J connectivity index is 2.69. The molecule has 6 heteroatoms. The highest BCUT2D eigenvalue weighted by molar-refractivity contribution is 5.70. The van der Waals surface area contributed by atoms with E-state index in [-0.39, 0.29) is 11.1 Å². The Morgan fingerprint density at radius 2 is 1.36 bits per heavy atom. The highest BCUT2D eigenvalue weighted by Gasteiger charge is 2.36. The first-order valence-electron chi connectivity index (χ1n) is 5.99. The van der Waals surface area contributed by atoms with E-state index in [1.54, 1.807) is 0 Å². The van der Waals surface area contributed by atoms with E-state index >= 15 is 0 Å². The molecule has 0 radical (unpaired) electrons. The fourth-order valence-corrected chi connectivity index (χ4v) is 2.05. The third-order valence-electron chi connectivity index (χ3n) is 3.02. The van der Waals surface area contributed by atoms with Crippen molar-refractivity contribution in [3.8, 4) is 23.5 Å². The van der Waals surface area contributed by atoms with Gasteiger partial charge in [-0.15, -0.1) is 6.42 Å². The van der Waals surface area contributed by atoms with Gasteiger partial charge in [-0.3, -0.25) is 0 Å². The molecule has 0 N–H and O–H groups in total. The molecule has 0 aromatic heterocycles. The van der Waals surface area contributed by atoms with Gasteiger partial charge in [-0.25, -0.2) is 0 Å². The van der Waals surface area contributed by atoms with Crippen LogP contribution in [0, 0.1) is 12.3 Å². The zero-order valence-electron chi connectivity index (χ0n) is 10.9. The van der Waals surface area contributed by atoms with Crippen LogP contribution in [0.3, 0.4) is 0 Å². The van der Waals surface area contributed by atoms with Crippen LogP contribution in [0.4, 0.5) is 26.3 Å². The van der Waals surface area contributed by atoms with E-state index in [4.69, 9.17) is 6.42 Å². The van der Waals surface area contributed by atoms with Crippen LogP contribution in [0.5, 0.6) is 0 Å². The lowest BCUT2D eigenvalue weighted by atomic mass is 9.95. The zero-order chi connectivity index (χ0) is 16.5. The molecule has 22 heavy (non-hydrogen) atoms. The highest BCUT2D eigenvalue weighted by Crippen LogP contribution is 2.39. The van der Waals surface area contributed by atoms with Crippen molar-refractivity contribution in [2.45, 2.75) is 12.4 Å². The van der Waals surface area contributed by atoms with Gasteiger partial charge < -0.3 is 0 Å². The Morgan fingerprint density at radius 1 is 0.773 bits per heavy atom. The quantitative estimate of drug-likeness (QED) is 0.490. The molecule has 0 amide bonds. The minimum absolute atomic E-state index is 0.195. The number of halogens is 6. The monoisotopic (exact) mass is 314 g/mol. The maximum absolute atomic E-state index is 13.0. The molecule has 0 aliphatic carbocycles. The second-order valence-electron chi connectivity index (χ2n) is 4.45. The molecule has 0 unspecified atom stereocenters. The Labute approximate surface area is 122 Å². The molecule has 0 heterocycles. The Morgan fingerprint density at radius 3 is 1.91 bits per heavy atom. The van der Waals surface area contributed by atoms with E-state index in [2.05, 4.69) is 0 Å². The third kappa shape index (κ3) is 3.08. The van der Waals surface area contributed by atoms with E-state index in [0.29, 0.717) is 6.07 Å². The summed E-state index contributed by atoms with van der Waals surface area (Å²) in [6.07, 6.45) is -4.41. The molecule has 0 fully saturated rings. The van der Waals surface area contributed by atoms with Gasteiger partial charge in [0, 0.05) is 5.56 Å². The van der Waals surface area contributed by atoms with Crippen LogP contribution < -0.4 is 0 Å². The first kappa shape index (κ1) is 16.0. The lowest BCUT2D eigenvalue weighted by molar-refractivity contribution is -0.137. The van der Waals surface area contributed by atoms with Crippen LogP contribution in [-0.4, -0.2) is 0 Å². The number of benzene rings is 2.